The van der Waals surface area contributed by atoms with Gasteiger partial charge in [-0.05, 0) is 17.7 Å². The first kappa shape index (κ1) is 10.2. The topological polar surface area (TPSA) is 49.4 Å². The largest absolute Gasteiger partial charge is 0.750 e. The molecule has 1 rings (SSSR count). The molecule has 13 heavy (non-hydrogen) atoms. The fourth-order valence-electron chi connectivity index (χ4n) is 0.810. The number of rotatable bonds is 3. The van der Waals surface area contributed by atoms with Gasteiger partial charge >= 0.3 is 0 Å². The Bertz CT molecular complexity index is 309. The van der Waals surface area contributed by atoms with E-state index >= 15 is 0 Å². The van der Waals surface area contributed by atoms with Crippen molar-refractivity contribution in [1.82, 2.24) is 0 Å². The monoisotopic (exact) mass is 207 g/mol. The maximum Gasteiger partial charge on any atom is 0.126 e. The molecule has 72 valence electrons. The third kappa shape index (κ3) is 3.58. The van der Waals surface area contributed by atoms with Gasteiger partial charge in [0.05, 0.1) is 18.0 Å². The lowest BCUT2D eigenvalue weighted by Crippen LogP contribution is -1.97. The lowest BCUT2D eigenvalue weighted by atomic mass is 10.2. The average molecular weight is 207 g/mol. The zero-order valence-electron chi connectivity index (χ0n) is 6.33. The van der Waals surface area contributed by atoms with Crippen LogP contribution in [0.3, 0.4) is 0 Å². The van der Waals surface area contributed by atoms with Crippen LogP contribution in [0.2, 0.25) is 0 Å². The molecule has 0 N–H and O–H groups in total. The van der Waals surface area contributed by atoms with Crippen LogP contribution < -0.4 is 0 Å². The van der Waals surface area contributed by atoms with Crippen LogP contribution in [0.4, 0.5) is 8.78 Å². The van der Waals surface area contributed by atoms with E-state index in [-0.39, 0.29) is 12.2 Å². The van der Waals surface area contributed by atoms with Gasteiger partial charge in [0.2, 0.25) is 0 Å². The second-order valence-electron chi connectivity index (χ2n) is 2.24. The van der Waals surface area contributed by atoms with Gasteiger partial charge in [-0.25, -0.2) is 13.0 Å². The fourth-order valence-corrected chi connectivity index (χ4v) is 1.04. The van der Waals surface area contributed by atoms with Crippen LogP contribution in [-0.4, -0.2) is 8.76 Å². The zero-order chi connectivity index (χ0) is 9.84. The molecule has 0 heterocycles. The van der Waals surface area contributed by atoms with Crippen molar-refractivity contribution in [3.05, 3.63) is 35.4 Å². The predicted octanol–water partition coefficient (Wildman–Crippen LogP) is 1.28. The summed E-state index contributed by atoms with van der Waals surface area (Å²) in [6, 6.07) is 2.68. The minimum absolute atomic E-state index is 0.127. The first-order chi connectivity index (χ1) is 6.08. The Kier molecular flexibility index (Phi) is 3.47. The number of hydrogen-bond acceptors (Lipinski definition) is 3. The second kappa shape index (κ2) is 4.40. The first-order valence-corrected chi connectivity index (χ1v) is 4.25. The van der Waals surface area contributed by atoms with Gasteiger partial charge in [0, 0.05) is 6.07 Å². The Morgan fingerprint density at radius 1 is 1.31 bits per heavy atom. The summed E-state index contributed by atoms with van der Waals surface area (Å²) < 4.78 is 49.0. The molecular formula is C7H5F2O3S-. The van der Waals surface area contributed by atoms with Crippen molar-refractivity contribution in [2.45, 2.75) is 6.61 Å². The molecule has 0 aromatic heterocycles. The van der Waals surface area contributed by atoms with Crippen LogP contribution in [0.5, 0.6) is 0 Å². The molecule has 0 aliphatic carbocycles. The van der Waals surface area contributed by atoms with Crippen molar-refractivity contribution < 1.29 is 21.7 Å². The summed E-state index contributed by atoms with van der Waals surface area (Å²) in [6.45, 7) is -0.370. The second-order valence-corrected chi connectivity index (χ2v) is 2.89. The molecule has 0 saturated heterocycles. The highest BCUT2D eigenvalue weighted by atomic mass is 32.2. The summed E-state index contributed by atoms with van der Waals surface area (Å²) in [5, 5.41) is 0. The van der Waals surface area contributed by atoms with Gasteiger partial charge in [0.1, 0.15) is 11.6 Å². The summed E-state index contributed by atoms with van der Waals surface area (Å²) in [7, 11) is 0. The smallest absolute Gasteiger partial charge is 0.126 e. The minimum Gasteiger partial charge on any atom is -0.750 e. The highest BCUT2D eigenvalue weighted by Gasteiger charge is 2.00. The van der Waals surface area contributed by atoms with Crippen LogP contribution in [0.25, 0.3) is 0 Å². The normalized spacial score (nSPS) is 12.8. The average Bonchev–Trinajstić information content (AvgIpc) is 1.99. The molecule has 0 bridgehead atoms. The summed E-state index contributed by atoms with van der Waals surface area (Å²) in [6.07, 6.45) is 0. The molecule has 0 aliphatic heterocycles. The molecule has 0 aliphatic rings. The lowest BCUT2D eigenvalue weighted by molar-refractivity contribution is 0.290. The molecule has 1 aromatic rings. The standard InChI is InChI=1S/C7H6F2O3S/c8-6-1-5(2-7(9)3-6)4-12-13(10)11/h1-3H,4H2,(H,10,11)/p-1. The van der Waals surface area contributed by atoms with Crippen molar-refractivity contribution >= 4 is 11.4 Å². The quantitative estimate of drug-likeness (QED) is 0.701. The van der Waals surface area contributed by atoms with E-state index in [1.165, 1.54) is 0 Å². The van der Waals surface area contributed by atoms with Crippen molar-refractivity contribution in [1.29, 1.82) is 0 Å². The van der Waals surface area contributed by atoms with E-state index in [0.717, 1.165) is 12.1 Å². The molecular weight excluding hydrogens is 202 g/mol. The Morgan fingerprint density at radius 3 is 2.31 bits per heavy atom. The van der Waals surface area contributed by atoms with Gasteiger partial charge < -0.3 is 4.55 Å². The van der Waals surface area contributed by atoms with Gasteiger partial charge in [0.25, 0.3) is 0 Å². The molecule has 0 fully saturated rings. The molecule has 0 saturated carbocycles. The molecule has 1 atom stereocenters. The summed E-state index contributed by atoms with van der Waals surface area (Å²) in [5.74, 6) is -1.54. The van der Waals surface area contributed by atoms with E-state index in [1.807, 2.05) is 0 Å². The number of hydrogen-bond donors (Lipinski definition) is 0. The van der Waals surface area contributed by atoms with Gasteiger partial charge in [-0.2, -0.15) is 0 Å². The number of halogens is 2. The molecule has 6 heteroatoms. The first-order valence-electron chi connectivity index (χ1n) is 3.25. The Labute approximate surface area is 75.8 Å². The van der Waals surface area contributed by atoms with E-state index in [1.54, 1.807) is 0 Å². The van der Waals surface area contributed by atoms with Crippen LogP contribution in [-0.2, 0) is 22.2 Å². The van der Waals surface area contributed by atoms with E-state index in [2.05, 4.69) is 4.18 Å². The third-order valence-electron chi connectivity index (χ3n) is 1.24. The van der Waals surface area contributed by atoms with E-state index in [4.69, 9.17) is 0 Å². The summed E-state index contributed by atoms with van der Waals surface area (Å²) in [5.41, 5.74) is 0.127. The van der Waals surface area contributed by atoms with Gasteiger partial charge in [-0.3, -0.25) is 4.18 Å². The number of benzene rings is 1. The molecule has 1 aromatic carbocycles. The Morgan fingerprint density at radius 2 is 1.85 bits per heavy atom. The van der Waals surface area contributed by atoms with Crippen LogP contribution >= 0.6 is 0 Å². The van der Waals surface area contributed by atoms with Crippen molar-refractivity contribution in [3.8, 4) is 0 Å². The molecule has 3 nitrogen and oxygen atoms in total. The highest BCUT2D eigenvalue weighted by molar-refractivity contribution is 7.74. The molecule has 0 spiro atoms. The van der Waals surface area contributed by atoms with Crippen molar-refractivity contribution in [2.75, 3.05) is 0 Å². The maximum absolute atomic E-state index is 12.5. The maximum atomic E-state index is 12.5. The Hall–Kier alpha value is -0.850. The summed E-state index contributed by atoms with van der Waals surface area (Å²) in [4.78, 5) is 0. The summed E-state index contributed by atoms with van der Waals surface area (Å²) >= 11 is -2.67. The van der Waals surface area contributed by atoms with Gasteiger partial charge in [-0.1, -0.05) is 0 Å². The highest BCUT2D eigenvalue weighted by Crippen LogP contribution is 2.09. The van der Waals surface area contributed by atoms with E-state index in [0.29, 0.717) is 6.07 Å². The Balaban J connectivity index is 2.71. The SMILES string of the molecule is O=S([O-])OCc1cc(F)cc(F)c1. The predicted molar refractivity (Wildman–Crippen MR) is 40.1 cm³/mol. The van der Waals surface area contributed by atoms with Crippen molar-refractivity contribution in [3.63, 3.8) is 0 Å². The zero-order valence-corrected chi connectivity index (χ0v) is 7.14. The van der Waals surface area contributed by atoms with Crippen molar-refractivity contribution in [2.24, 2.45) is 0 Å². The van der Waals surface area contributed by atoms with Gasteiger partial charge in [-0.15, -0.1) is 0 Å². The third-order valence-corrected chi connectivity index (χ3v) is 1.55. The fraction of sp³-hybridized carbons (Fsp3) is 0.143. The molecule has 1 unspecified atom stereocenters. The van der Waals surface area contributed by atoms with Crippen LogP contribution in [0.1, 0.15) is 5.56 Å². The molecule has 0 radical (unpaired) electrons. The van der Waals surface area contributed by atoms with E-state index < -0.39 is 23.0 Å². The van der Waals surface area contributed by atoms with Crippen LogP contribution in [0, 0.1) is 11.6 Å². The lowest BCUT2D eigenvalue weighted by Gasteiger charge is -2.05. The van der Waals surface area contributed by atoms with Crippen LogP contribution in [0.15, 0.2) is 18.2 Å². The van der Waals surface area contributed by atoms with Gasteiger partial charge in [0.15, 0.2) is 0 Å². The van der Waals surface area contributed by atoms with E-state index in [9.17, 15) is 17.5 Å². The minimum atomic E-state index is -2.67. The molecule has 0 amide bonds.